The monoisotopic (exact) mass is 370 g/mol. The third kappa shape index (κ3) is 2.27. The van der Waals surface area contributed by atoms with Gasteiger partial charge in [-0.25, -0.2) is 9.37 Å². The van der Waals surface area contributed by atoms with Crippen LogP contribution in [0.25, 0.3) is 11.3 Å². The number of aliphatic hydroxyl groups excluding tert-OH is 1. The number of aromatic nitrogens is 2. The Morgan fingerprint density at radius 1 is 1.35 bits per heavy atom. The van der Waals surface area contributed by atoms with E-state index in [-0.39, 0.29) is 6.04 Å². The minimum absolute atomic E-state index is 0.185. The average Bonchev–Trinajstić information content (AvgIpc) is 3.31. The molecule has 2 aliphatic rings. The van der Waals surface area contributed by atoms with E-state index in [9.17, 15) is 9.50 Å². The lowest BCUT2D eigenvalue weighted by atomic mass is 9.94. The van der Waals surface area contributed by atoms with E-state index in [1.54, 1.807) is 12.3 Å². The third-order valence-corrected chi connectivity index (χ3v) is 5.55. The number of imidazole rings is 1. The van der Waals surface area contributed by atoms with Crippen LogP contribution in [-0.4, -0.2) is 21.3 Å². The Morgan fingerprint density at radius 3 is 3.08 bits per heavy atom. The van der Waals surface area contributed by atoms with Crippen LogP contribution in [0, 0.1) is 5.82 Å². The summed E-state index contributed by atoms with van der Waals surface area (Å²) in [5.41, 5.74) is 4.28. The highest BCUT2D eigenvalue weighted by Crippen LogP contribution is 2.45. The molecule has 3 heterocycles. The summed E-state index contributed by atoms with van der Waals surface area (Å²) in [6.45, 7) is 0.554. The largest absolute Gasteiger partial charge is 0.493 e. The van der Waals surface area contributed by atoms with Crippen molar-refractivity contribution in [2.45, 2.75) is 25.0 Å². The first-order valence-corrected chi connectivity index (χ1v) is 8.96. The lowest BCUT2D eigenvalue weighted by Crippen LogP contribution is -2.12. The average molecular weight is 371 g/mol. The van der Waals surface area contributed by atoms with E-state index >= 15 is 0 Å². The van der Waals surface area contributed by atoms with E-state index in [0.29, 0.717) is 29.6 Å². The molecule has 5 rings (SSSR count). The predicted octanol–water partition coefficient (Wildman–Crippen LogP) is 4.30. The molecule has 6 heteroatoms. The minimum atomic E-state index is -0.955. The summed E-state index contributed by atoms with van der Waals surface area (Å²) in [6, 6.07) is 10.9. The van der Waals surface area contributed by atoms with Crippen LogP contribution in [0.1, 0.15) is 35.3 Å². The van der Waals surface area contributed by atoms with Gasteiger partial charge >= 0.3 is 0 Å². The summed E-state index contributed by atoms with van der Waals surface area (Å²) < 4.78 is 21.8. The van der Waals surface area contributed by atoms with Crippen LogP contribution in [-0.2, 0) is 6.42 Å². The second-order valence-electron chi connectivity index (χ2n) is 6.72. The first kappa shape index (κ1) is 15.9. The van der Waals surface area contributed by atoms with Crippen molar-refractivity contribution in [3.8, 4) is 17.0 Å². The van der Waals surface area contributed by atoms with Crippen LogP contribution < -0.4 is 4.74 Å². The Hall–Kier alpha value is -2.37. The highest BCUT2D eigenvalue weighted by molar-refractivity contribution is 6.28. The van der Waals surface area contributed by atoms with Crippen molar-refractivity contribution in [2.75, 3.05) is 6.61 Å². The molecule has 3 aromatic rings. The zero-order valence-corrected chi connectivity index (χ0v) is 14.6. The van der Waals surface area contributed by atoms with Gasteiger partial charge in [0, 0.05) is 30.0 Å². The molecule has 2 aliphatic heterocycles. The van der Waals surface area contributed by atoms with Gasteiger partial charge in [0.15, 0.2) is 0 Å². The second-order valence-corrected chi connectivity index (χ2v) is 7.05. The van der Waals surface area contributed by atoms with Gasteiger partial charge in [0.2, 0.25) is 5.28 Å². The molecule has 0 bridgehead atoms. The smallest absolute Gasteiger partial charge is 0.203 e. The molecule has 0 aliphatic carbocycles. The minimum Gasteiger partial charge on any atom is -0.493 e. The molecular weight excluding hydrogens is 355 g/mol. The standard InChI is InChI=1S/C20H16ClFN2O2/c21-20-23-10-17-13-4-2-1-3-12(13)16(24(17)20)9-18(25)14-7-11-5-6-26-19(11)8-15(14)22/h1-4,7-8,10,16,18,25H,5-6,9H2. The van der Waals surface area contributed by atoms with Crippen LogP contribution in [0.3, 0.4) is 0 Å². The second kappa shape index (κ2) is 5.83. The van der Waals surface area contributed by atoms with Gasteiger partial charge in [-0.3, -0.25) is 0 Å². The van der Waals surface area contributed by atoms with Gasteiger partial charge in [-0.2, -0.15) is 0 Å². The van der Waals surface area contributed by atoms with Crippen molar-refractivity contribution in [3.05, 3.63) is 70.4 Å². The summed E-state index contributed by atoms with van der Waals surface area (Å²) in [5, 5.41) is 11.2. The van der Waals surface area contributed by atoms with E-state index in [1.807, 2.05) is 28.8 Å². The van der Waals surface area contributed by atoms with Crippen LogP contribution in [0.2, 0.25) is 5.28 Å². The first-order valence-electron chi connectivity index (χ1n) is 8.58. The molecule has 26 heavy (non-hydrogen) atoms. The lowest BCUT2D eigenvalue weighted by molar-refractivity contribution is 0.149. The maximum atomic E-state index is 14.5. The number of fused-ring (bicyclic) bond motifs is 4. The van der Waals surface area contributed by atoms with E-state index in [1.165, 1.54) is 6.07 Å². The van der Waals surface area contributed by atoms with Crippen LogP contribution in [0.4, 0.5) is 4.39 Å². The Morgan fingerprint density at radius 2 is 2.19 bits per heavy atom. The molecular formula is C20H16ClFN2O2. The molecule has 0 saturated carbocycles. The van der Waals surface area contributed by atoms with E-state index in [4.69, 9.17) is 16.3 Å². The number of rotatable bonds is 3. The molecule has 0 radical (unpaired) electrons. The topological polar surface area (TPSA) is 47.3 Å². The van der Waals surface area contributed by atoms with Crippen LogP contribution in [0.15, 0.2) is 42.6 Å². The molecule has 1 aromatic heterocycles. The highest BCUT2D eigenvalue weighted by atomic mass is 35.5. The molecule has 0 spiro atoms. The van der Waals surface area contributed by atoms with Gasteiger partial charge in [-0.05, 0) is 28.8 Å². The summed E-state index contributed by atoms with van der Waals surface area (Å²) >= 11 is 6.29. The fourth-order valence-electron chi connectivity index (χ4n) is 4.04. The highest BCUT2D eigenvalue weighted by Gasteiger charge is 2.33. The van der Waals surface area contributed by atoms with Gasteiger partial charge in [-0.1, -0.05) is 24.3 Å². The molecule has 132 valence electrons. The SMILES string of the molecule is OC(CC1c2ccccc2-c2cnc(Cl)n21)c1cc2c(cc1F)OCC2. The molecule has 1 N–H and O–H groups in total. The van der Waals surface area contributed by atoms with Crippen molar-refractivity contribution in [1.29, 1.82) is 0 Å². The van der Waals surface area contributed by atoms with Gasteiger partial charge < -0.3 is 14.4 Å². The van der Waals surface area contributed by atoms with Crippen molar-refractivity contribution in [2.24, 2.45) is 0 Å². The van der Waals surface area contributed by atoms with Crippen LogP contribution >= 0.6 is 11.6 Å². The summed E-state index contributed by atoms with van der Waals surface area (Å²) in [7, 11) is 0. The summed E-state index contributed by atoms with van der Waals surface area (Å²) in [6.07, 6.45) is 1.83. The van der Waals surface area contributed by atoms with Crippen molar-refractivity contribution >= 4 is 11.6 Å². The number of benzene rings is 2. The molecule has 2 aromatic carbocycles. The van der Waals surface area contributed by atoms with Gasteiger partial charge in [0.25, 0.3) is 0 Å². The van der Waals surface area contributed by atoms with E-state index in [0.717, 1.165) is 28.8 Å². The van der Waals surface area contributed by atoms with Crippen molar-refractivity contribution in [1.82, 2.24) is 9.55 Å². The summed E-state index contributed by atoms with van der Waals surface area (Å²) in [4.78, 5) is 4.19. The Balaban J connectivity index is 1.53. The van der Waals surface area contributed by atoms with Crippen molar-refractivity contribution in [3.63, 3.8) is 0 Å². The number of nitrogens with zero attached hydrogens (tertiary/aromatic N) is 2. The zero-order chi connectivity index (χ0) is 17.8. The third-order valence-electron chi connectivity index (χ3n) is 5.27. The Kier molecular flexibility index (Phi) is 3.55. The number of halogens is 2. The molecule has 0 fully saturated rings. The quantitative estimate of drug-likeness (QED) is 0.747. The number of ether oxygens (including phenoxy) is 1. The number of aliphatic hydroxyl groups is 1. The molecule has 2 unspecified atom stereocenters. The van der Waals surface area contributed by atoms with Crippen molar-refractivity contribution < 1.29 is 14.2 Å². The molecule has 0 amide bonds. The Labute approximate surface area is 154 Å². The number of hydrogen-bond donors (Lipinski definition) is 1. The van der Waals surface area contributed by atoms with Gasteiger partial charge in [0.1, 0.15) is 11.6 Å². The predicted molar refractivity (Wildman–Crippen MR) is 96.0 cm³/mol. The first-order chi connectivity index (χ1) is 12.6. The normalized spacial score (nSPS) is 18.2. The molecule has 4 nitrogen and oxygen atoms in total. The molecule has 0 saturated heterocycles. The maximum absolute atomic E-state index is 14.5. The fraction of sp³-hybridized carbons (Fsp3) is 0.250. The fourth-order valence-corrected chi connectivity index (χ4v) is 4.30. The van der Waals surface area contributed by atoms with Gasteiger partial charge in [-0.15, -0.1) is 0 Å². The molecule has 2 atom stereocenters. The Bertz CT molecular complexity index is 1020. The van der Waals surface area contributed by atoms with E-state index < -0.39 is 11.9 Å². The number of hydrogen-bond acceptors (Lipinski definition) is 3. The summed E-state index contributed by atoms with van der Waals surface area (Å²) in [5.74, 6) is 0.131. The van der Waals surface area contributed by atoms with Gasteiger partial charge in [0.05, 0.1) is 30.6 Å². The maximum Gasteiger partial charge on any atom is 0.203 e. The lowest BCUT2D eigenvalue weighted by Gasteiger charge is -2.20. The van der Waals surface area contributed by atoms with E-state index in [2.05, 4.69) is 4.98 Å². The van der Waals surface area contributed by atoms with Crippen LogP contribution in [0.5, 0.6) is 5.75 Å². The zero-order valence-electron chi connectivity index (χ0n) is 13.8.